The van der Waals surface area contributed by atoms with Crippen LogP contribution < -0.4 is 9.16 Å². The second-order valence-electron chi connectivity index (χ2n) is 3.60. The number of ether oxygens (including phenoxy) is 1. The predicted octanol–water partition coefficient (Wildman–Crippen LogP) is 1.51. The number of methoxy groups -OCH3 is 1. The standard InChI is InChI=1S/C12H18O3Si/c1-3-4-5-9-6-7-10(8-13)12(15-16)11(9)14-2/h6-8H,3-5H2,1-2,16H3. The van der Waals surface area contributed by atoms with Crippen LogP contribution in [0.2, 0.25) is 0 Å². The fourth-order valence-electron chi connectivity index (χ4n) is 1.71. The van der Waals surface area contributed by atoms with Gasteiger partial charge in [0, 0.05) is 0 Å². The maximum Gasteiger partial charge on any atom is 0.204 e. The number of hydrogen-bond donors (Lipinski definition) is 0. The zero-order chi connectivity index (χ0) is 12.0. The number of aryl methyl sites for hydroxylation is 1. The third-order valence-electron chi connectivity index (χ3n) is 2.56. The number of rotatable bonds is 6. The molecule has 4 heteroatoms. The van der Waals surface area contributed by atoms with Crippen LogP contribution in [0.5, 0.6) is 11.5 Å². The normalized spacial score (nSPS) is 10.1. The van der Waals surface area contributed by atoms with E-state index < -0.39 is 0 Å². The van der Waals surface area contributed by atoms with Gasteiger partial charge in [-0.25, -0.2) is 0 Å². The maximum absolute atomic E-state index is 10.9. The van der Waals surface area contributed by atoms with Crippen LogP contribution in [0.1, 0.15) is 35.7 Å². The molecule has 0 saturated heterocycles. The largest absolute Gasteiger partial charge is 0.550 e. The minimum absolute atomic E-state index is 0.547. The first-order valence-corrected chi connectivity index (χ1v) is 6.29. The van der Waals surface area contributed by atoms with Crippen molar-refractivity contribution in [3.63, 3.8) is 0 Å². The van der Waals surface area contributed by atoms with Gasteiger partial charge in [-0.3, -0.25) is 4.79 Å². The van der Waals surface area contributed by atoms with Crippen LogP contribution in [0.3, 0.4) is 0 Å². The molecule has 1 aromatic carbocycles. The average molecular weight is 238 g/mol. The van der Waals surface area contributed by atoms with Crippen LogP contribution in [0.15, 0.2) is 12.1 Å². The van der Waals surface area contributed by atoms with Crippen LogP contribution in [0.25, 0.3) is 0 Å². The first-order valence-electron chi connectivity index (χ1n) is 5.47. The predicted molar refractivity (Wildman–Crippen MR) is 67.6 cm³/mol. The molecule has 0 atom stereocenters. The minimum atomic E-state index is 0.547. The molecule has 0 bridgehead atoms. The molecule has 0 fully saturated rings. The van der Waals surface area contributed by atoms with Gasteiger partial charge < -0.3 is 9.16 Å². The van der Waals surface area contributed by atoms with Crippen LogP contribution in [0, 0.1) is 0 Å². The molecule has 0 spiro atoms. The summed E-state index contributed by atoms with van der Waals surface area (Å²) in [6.07, 6.45) is 4.00. The van der Waals surface area contributed by atoms with E-state index in [4.69, 9.17) is 9.16 Å². The number of hydrogen-bond acceptors (Lipinski definition) is 3. The Labute approximate surface area is 99.3 Å². The Hall–Kier alpha value is -1.29. The van der Waals surface area contributed by atoms with Gasteiger partial charge in [0.05, 0.1) is 12.7 Å². The van der Waals surface area contributed by atoms with Crippen LogP contribution >= 0.6 is 0 Å². The molecule has 0 saturated carbocycles. The zero-order valence-electron chi connectivity index (χ0n) is 10.1. The molecule has 0 amide bonds. The highest BCUT2D eigenvalue weighted by Crippen LogP contribution is 2.34. The molecule has 0 aromatic heterocycles. The summed E-state index contributed by atoms with van der Waals surface area (Å²) >= 11 is 0. The summed E-state index contributed by atoms with van der Waals surface area (Å²) in [6, 6.07) is 3.75. The topological polar surface area (TPSA) is 35.5 Å². The van der Waals surface area contributed by atoms with Crippen LogP contribution in [-0.4, -0.2) is 23.9 Å². The molecular formula is C12H18O3Si. The van der Waals surface area contributed by atoms with Gasteiger partial charge in [-0.05, 0) is 24.5 Å². The number of unbranched alkanes of at least 4 members (excludes halogenated alkanes) is 1. The van der Waals surface area contributed by atoms with Crippen molar-refractivity contribution in [1.29, 1.82) is 0 Å². The highest BCUT2D eigenvalue weighted by atomic mass is 28.2. The van der Waals surface area contributed by atoms with Gasteiger partial charge in [-0.1, -0.05) is 19.4 Å². The van der Waals surface area contributed by atoms with Crippen LogP contribution in [-0.2, 0) is 6.42 Å². The van der Waals surface area contributed by atoms with Gasteiger partial charge in [0.25, 0.3) is 0 Å². The lowest BCUT2D eigenvalue weighted by molar-refractivity contribution is 0.112. The lowest BCUT2D eigenvalue weighted by Gasteiger charge is -2.14. The van der Waals surface area contributed by atoms with E-state index in [0.29, 0.717) is 27.5 Å². The first-order chi connectivity index (χ1) is 7.78. The third kappa shape index (κ3) is 2.64. The molecule has 1 rings (SSSR count). The van der Waals surface area contributed by atoms with Crippen molar-refractivity contribution in [2.75, 3.05) is 7.11 Å². The molecule has 88 valence electrons. The average Bonchev–Trinajstić information content (AvgIpc) is 2.34. The highest BCUT2D eigenvalue weighted by molar-refractivity contribution is 6.01. The Morgan fingerprint density at radius 1 is 1.38 bits per heavy atom. The first kappa shape index (κ1) is 12.8. The second-order valence-corrected chi connectivity index (χ2v) is 4.01. The van der Waals surface area contributed by atoms with E-state index >= 15 is 0 Å². The van der Waals surface area contributed by atoms with Crippen molar-refractivity contribution in [2.24, 2.45) is 0 Å². The summed E-state index contributed by atoms with van der Waals surface area (Å²) in [5.74, 6) is 1.31. The van der Waals surface area contributed by atoms with Gasteiger partial charge in [0.1, 0.15) is 0 Å². The summed E-state index contributed by atoms with van der Waals surface area (Å²) < 4.78 is 10.7. The van der Waals surface area contributed by atoms with E-state index in [0.717, 1.165) is 31.1 Å². The molecule has 0 aliphatic carbocycles. The minimum Gasteiger partial charge on any atom is -0.550 e. The lowest BCUT2D eigenvalue weighted by Crippen LogP contribution is -2.00. The number of benzene rings is 1. The van der Waals surface area contributed by atoms with E-state index in [9.17, 15) is 4.79 Å². The van der Waals surface area contributed by atoms with E-state index in [1.807, 2.05) is 6.07 Å². The monoisotopic (exact) mass is 238 g/mol. The van der Waals surface area contributed by atoms with Crippen molar-refractivity contribution in [3.05, 3.63) is 23.3 Å². The quantitative estimate of drug-likeness (QED) is 0.556. The van der Waals surface area contributed by atoms with Gasteiger partial charge in [0.15, 0.2) is 17.8 Å². The van der Waals surface area contributed by atoms with Gasteiger partial charge in [-0.2, -0.15) is 0 Å². The number of carbonyl (C=O) groups excluding carboxylic acids is 1. The van der Waals surface area contributed by atoms with Gasteiger partial charge in [0.2, 0.25) is 10.5 Å². The SMILES string of the molecule is CCCCc1ccc(C=O)c(O[SiH3])c1OC. The van der Waals surface area contributed by atoms with Gasteiger partial charge in [-0.15, -0.1) is 0 Å². The lowest BCUT2D eigenvalue weighted by atomic mass is 10.0. The summed E-state index contributed by atoms with van der Waals surface area (Å²) in [5, 5.41) is 0. The third-order valence-corrected chi connectivity index (χ3v) is 2.97. The Balaban J connectivity index is 3.14. The fraction of sp³-hybridized carbons (Fsp3) is 0.417. The summed E-state index contributed by atoms with van der Waals surface area (Å²) in [6.45, 7) is 2.15. The molecule has 1 aromatic rings. The van der Waals surface area contributed by atoms with Crippen molar-refractivity contribution >= 4 is 16.8 Å². The summed E-state index contributed by atoms with van der Waals surface area (Å²) in [4.78, 5) is 10.9. The maximum atomic E-state index is 10.9. The van der Waals surface area contributed by atoms with E-state index in [1.165, 1.54) is 0 Å². The molecule has 0 aliphatic rings. The van der Waals surface area contributed by atoms with E-state index in [2.05, 4.69) is 6.92 Å². The number of aldehydes is 1. The molecule has 0 unspecified atom stereocenters. The molecule has 16 heavy (non-hydrogen) atoms. The molecule has 0 radical (unpaired) electrons. The molecule has 0 N–H and O–H groups in total. The summed E-state index contributed by atoms with van der Waals surface area (Å²) in [7, 11) is 2.16. The molecule has 0 heterocycles. The number of carbonyl (C=O) groups is 1. The smallest absolute Gasteiger partial charge is 0.204 e. The van der Waals surface area contributed by atoms with Crippen molar-refractivity contribution in [3.8, 4) is 11.5 Å². The second kappa shape index (κ2) is 6.32. The van der Waals surface area contributed by atoms with E-state index in [1.54, 1.807) is 13.2 Å². The van der Waals surface area contributed by atoms with Gasteiger partial charge >= 0.3 is 0 Å². The summed E-state index contributed by atoms with van der Waals surface area (Å²) in [5.41, 5.74) is 1.67. The van der Waals surface area contributed by atoms with Crippen LogP contribution in [0.4, 0.5) is 0 Å². The van der Waals surface area contributed by atoms with E-state index in [-0.39, 0.29) is 0 Å². The fourth-order valence-corrected chi connectivity index (χ4v) is 2.13. The zero-order valence-corrected chi connectivity index (χ0v) is 12.1. The Bertz CT molecular complexity index is 364. The molecule has 0 aliphatic heterocycles. The molecular weight excluding hydrogens is 220 g/mol. The Morgan fingerprint density at radius 3 is 2.62 bits per heavy atom. The van der Waals surface area contributed by atoms with Crippen molar-refractivity contribution in [1.82, 2.24) is 0 Å². The van der Waals surface area contributed by atoms with Crippen molar-refractivity contribution in [2.45, 2.75) is 26.2 Å². The highest BCUT2D eigenvalue weighted by Gasteiger charge is 2.13. The molecule has 3 nitrogen and oxygen atoms in total. The Morgan fingerprint density at radius 2 is 2.12 bits per heavy atom. The Kier molecular flexibility index (Phi) is 5.05. The van der Waals surface area contributed by atoms with Crippen molar-refractivity contribution < 1.29 is 14.0 Å².